The van der Waals surface area contributed by atoms with Crippen molar-refractivity contribution in [1.82, 2.24) is 0 Å². The van der Waals surface area contributed by atoms with Crippen LogP contribution in [-0.4, -0.2) is 16.9 Å². The quantitative estimate of drug-likeness (QED) is 0.823. The predicted octanol–water partition coefficient (Wildman–Crippen LogP) is 3.23. The molecule has 2 aliphatic rings. The average Bonchev–Trinajstić information content (AvgIpc) is 3.32. The first kappa shape index (κ1) is 14.3. The Labute approximate surface area is 141 Å². The zero-order chi connectivity index (χ0) is 16.2. The monoisotopic (exact) mass is 372 g/mol. The molecule has 1 saturated heterocycles. The van der Waals surface area contributed by atoms with Crippen molar-refractivity contribution in [3.05, 3.63) is 53.0 Å². The fourth-order valence-corrected chi connectivity index (χ4v) is 3.14. The standard InChI is InChI=1S/C17H13BrN2O3/c18-11-1-3-12(4-2-11)19-15(22)17(9-10-17)16(23)20(19)13-5-7-14(21)8-6-13/h1-8,21H,9-10H2. The van der Waals surface area contributed by atoms with Crippen molar-refractivity contribution < 1.29 is 14.7 Å². The van der Waals surface area contributed by atoms with E-state index in [4.69, 9.17) is 0 Å². The average molecular weight is 373 g/mol. The van der Waals surface area contributed by atoms with E-state index in [0.717, 1.165) is 4.47 Å². The summed E-state index contributed by atoms with van der Waals surface area (Å²) in [5.74, 6) is -0.267. The Morgan fingerprint density at radius 3 is 1.70 bits per heavy atom. The van der Waals surface area contributed by atoms with Crippen LogP contribution in [0.1, 0.15) is 12.8 Å². The maximum atomic E-state index is 12.8. The number of carbonyl (C=O) groups excluding carboxylic acids is 2. The Kier molecular flexibility index (Phi) is 2.99. The lowest BCUT2D eigenvalue weighted by Crippen LogP contribution is -2.41. The van der Waals surface area contributed by atoms with Gasteiger partial charge < -0.3 is 5.11 Å². The number of rotatable bonds is 2. The molecule has 5 nitrogen and oxygen atoms in total. The number of amides is 2. The van der Waals surface area contributed by atoms with Crippen molar-refractivity contribution in [3.8, 4) is 5.75 Å². The minimum absolute atomic E-state index is 0.114. The Balaban J connectivity index is 1.83. The summed E-state index contributed by atoms with van der Waals surface area (Å²) < 4.78 is 0.900. The van der Waals surface area contributed by atoms with E-state index in [9.17, 15) is 14.7 Å². The molecule has 2 aromatic carbocycles. The number of hydrogen-bond donors (Lipinski definition) is 1. The van der Waals surface area contributed by atoms with Gasteiger partial charge in [-0.1, -0.05) is 15.9 Å². The molecule has 0 radical (unpaired) electrons. The van der Waals surface area contributed by atoms with Crippen LogP contribution in [0.5, 0.6) is 5.75 Å². The van der Waals surface area contributed by atoms with Gasteiger partial charge in [0, 0.05) is 4.47 Å². The van der Waals surface area contributed by atoms with Crippen molar-refractivity contribution in [2.24, 2.45) is 5.41 Å². The zero-order valence-electron chi connectivity index (χ0n) is 12.1. The second-order valence-corrected chi connectivity index (χ2v) is 6.72. The molecule has 6 heteroatoms. The molecule has 0 aromatic heterocycles. The number of halogens is 1. The van der Waals surface area contributed by atoms with Crippen LogP contribution in [0, 0.1) is 5.41 Å². The molecule has 1 spiro atoms. The summed E-state index contributed by atoms with van der Waals surface area (Å²) in [6.45, 7) is 0. The minimum Gasteiger partial charge on any atom is -0.508 e. The molecule has 1 heterocycles. The van der Waals surface area contributed by atoms with Crippen molar-refractivity contribution in [3.63, 3.8) is 0 Å². The lowest BCUT2D eigenvalue weighted by atomic mass is 10.1. The van der Waals surface area contributed by atoms with Gasteiger partial charge in [-0.3, -0.25) is 9.59 Å². The van der Waals surface area contributed by atoms with Gasteiger partial charge in [-0.15, -0.1) is 0 Å². The van der Waals surface area contributed by atoms with Gasteiger partial charge in [0.15, 0.2) is 0 Å². The number of nitrogens with zero attached hydrogens (tertiary/aromatic N) is 2. The van der Waals surface area contributed by atoms with E-state index in [1.165, 1.54) is 22.2 Å². The third kappa shape index (κ3) is 2.05. The van der Waals surface area contributed by atoms with Crippen LogP contribution in [0.2, 0.25) is 0 Å². The number of phenolic OH excluding ortho intramolecular Hbond substituents is 1. The van der Waals surface area contributed by atoms with Gasteiger partial charge in [-0.25, -0.2) is 10.0 Å². The van der Waals surface area contributed by atoms with Gasteiger partial charge in [-0.2, -0.15) is 0 Å². The third-order valence-corrected chi connectivity index (χ3v) is 4.85. The minimum atomic E-state index is -0.898. The van der Waals surface area contributed by atoms with E-state index >= 15 is 0 Å². The molecule has 23 heavy (non-hydrogen) atoms. The molecule has 0 atom stereocenters. The highest BCUT2D eigenvalue weighted by Gasteiger charge is 2.66. The maximum absolute atomic E-state index is 12.8. The number of phenols is 1. The van der Waals surface area contributed by atoms with Crippen LogP contribution < -0.4 is 10.0 Å². The van der Waals surface area contributed by atoms with Gasteiger partial charge in [0.1, 0.15) is 11.2 Å². The van der Waals surface area contributed by atoms with Crippen LogP contribution in [0.4, 0.5) is 11.4 Å². The first-order valence-electron chi connectivity index (χ1n) is 7.27. The fraction of sp³-hybridized carbons (Fsp3) is 0.176. The summed E-state index contributed by atoms with van der Waals surface area (Å²) in [4.78, 5) is 25.7. The summed E-state index contributed by atoms with van der Waals surface area (Å²) in [6, 6.07) is 13.5. The molecule has 1 saturated carbocycles. The van der Waals surface area contributed by atoms with Crippen molar-refractivity contribution in [1.29, 1.82) is 0 Å². The van der Waals surface area contributed by atoms with Crippen LogP contribution >= 0.6 is 15.9 Å². The Morgan fingerprint density at radius 1 is 0.826 bits per heavy atom. The summed E-state index contributed by atoms with van der Waals surface area (Å²) in [7, 11) is 0. The number of hydrogen-bond acceptors (Lipinski definition) is 3. The molecule has 0 unspecified atom stereocenters. The van der Waals surface area contributed by atoms with Crippen LogP contribution in [0.15, 0.2) is 53.0 Å². The number of benzene rings is 2. The first-order chi connectivity index (χ1) is 11.0. The molecule has 0 bridgehead atoms. The van der Waals surface area contributed by atoms with E-state index in [1.807, 2.05) is 12.1 Å². The molecule has 116 valence electrons. The molecule has 2 fully saturated rings. The summed E-state index contributed by atoms with van der Waals surface area (Å²) in [5, 5.41) is 12.3. The predicted molar refractivity (Wildman–Crippen MR) is 88.9 cm³/mol. The second-order valence-electron chi connectivity index (χ2n) is 5.81. The van der Waals surface area contributed by atoms with Crippen LogP contribution in [-0.2, 0) is 9.59 Å². The maximum Gasteiger partial charge on any atom is 0.261 e. The normalized spacial score (nSPS) is 18.8. The highest BCUT2D eigenvalue weighted by Crippen LogP contribution is 2.54. The van der Waals surface area contributed by atoms with Gasteiger partial charge in [0.2, 0.25) is 0 Å². The molecular weight excluding hydrogens is 360 g/mol. The largest absolute Gasteiger partial charge is 0.508 e. The topological polar surface area (TPSA) is 60.9 Å². The van der Waals surface area contributed by atoms with E-state index < -0.39 is 5.41 Å². The lowest BCUT2D eigenvalue weighted by molar-refractivity contribution is -0.128. The van der Waals surface area contributed by atoms with E-state index in [2.05, 4.69) is 15.9 Å². The number of carbonyl (C=O) groups is 2. The van der Waals surface area contributed by atoms with Crippen LogP contribution in [0.3, 0.4) is 0 Å². The molecule has 2 amide bonds. The summed E-state index contributed by atoms with van der Waals surface area (Å²) in [5.41, 5.74) is 0.307. The van der Waals surface area contributed by atoms with E-state index in [0.29, 0.717) is 24.2 Å². The summed E-state index contributed by atoms with van der Waals surface area (Å²) in [6.07, 6.45) is 1.18. The molecule has 2 aromatic rings. The Hall–Kier alpha value is -2.34. The molecule has 1 aliphatic heterocycles. The molecular formula is C17H13BrN2O3. The van der Waals surface area contributed by atoms with Crippen molar-refractivity contribution in [2.45, 2.75) is 12.8 Å². The second kappa shape index (κ2) is 4.83. The number of aromatic hydroxyl groups is 1. The van der Waals surface area contributed by atoms with Gasteiger partial charge >= 0.3 is 0 Å². The van der Waals surface area contributed by atoms with Gasteiger partial charge in [0.05, 0.1) is 11.4 Å². The van der Waals surface area contributed by atoms with Crippen LogP contribution in [0.25, 0.3) is 0 Å². The fourth-order valence-electron chi connectivity index (χ4n) is 2.87. The summed E-state index contributed by atoms with van der Waals surface area (Å²) >= 11 is 3.37. The lowest BCUT2D eigenvalue weighted by Gasteiger charge is -2.27. The van der Waals surface area contributed by atoms with Crippen molar-refractivity contribution >= 4 is 39.1 Å². The smallest absolute Gasteiger partial charge is 0.261 e. The number of anilines is 2. The Morgan fingerprint density at radius 2 is 1.26 bits per heavy atom. The van der Waals surface area contributed by atoms with E-state index in [1.54, 1.807) is 24.3 Å². The third-order valence-electron chi connectivity index (χ3n) is 4.32. The zero-order valence-corrected chi connectivity index (χ0v) is 13.7. The molecule has 1 N–H and O–H groups in total. The van der Waals surface area contributed by atoms with Gasteiger partial charge in [0.25, 0.3) is 11.8 Å². The van der Waals surface area contributed by atoms with Gasteiger partial charge in [-0.05, 0) is 61.4 Å². The highest BCUT2D eigenvalue weighted by atomic mass is 79.9. The SMILES string of the molecule is O=C1N(c2ccc(O)cc2)N(c2ccc(Br)cc2)C(=O)C12CC2. The first-order valence-corrected chi connectivity index (χ1v) is 8.06. The van der Waals surface area contributed by atoms with Crippen molar-refractivity contribution in [2.75, 3.05) is 10.0 Å². The molecule has 4 rings (SSSR count). The number of hydrazine groups is 1. The Bertz CT molecular complexity index is 732. The molecule has 1 aliphatic carbocycles. The van der Waals surface area contributed by atoms with E-state index in [-0.39, 0.29) is 17.6 Å². The highest BCUT2D eigenvalue weighted by molar-refractivity contribution is 9.10.